The van der Waals surface area contributed by atoms with Crippen molar-refractivity contribution in [2.45, 2.75) is 5.41 Å². The smallest absolute Gasteiger partial charge is 0.179 e. The molecule has 2 heterocycles. The van der Waals surface area contributed by atoms with Crippen molar-refractivity contribution < 1.29 is 0 Å². The summed E-state index contributed by atoms with van der Waals surface area (Å²) in [7, 11) is -2.86. The standard InChI is InChI=1S/C73H50N2Si/c1-6-25-52(26-7-1)73(53-27-8-2-9-28-53)66-43-19-16-37-60(66)64-41-23-40-59(71(64)73)51-47-48-63-61-38-17-21-45-68(61)75(70(63)49-51)69-46-24-42-65-62-39-18-20-44-67(62)74(72(65)69)54-29-22-36-58(50-54)76(55-30-10-3-11-31-55,56-32-12-4-13-33-56)57-34-14-5-15-35-57/h1-50H. The monoisotopic (exact) mass is 982 g/mol. The molecule has 0 saturated heterocycles. The number of rotatable bonds is 9. The van der Waals surface area contributed by atoms with Crippen LogP contribution in [-0.4, -0.2) is 17.2 Å². The van der Waals surface area contributed by atoms with Crippen molar-refractivity contribution in [2.24, 2.45) is 0 Å². The topological polar surface area (TPSA) is 9.86 Å². The number of fused-ring (bicyclic) bond motifs is 9. The Morgan fingerprint density at radius 1 is 0.289 bits per heavy atom. The quantitative estimate of drug-likeness (QED) is 0.101. The molecule has 356 valence electrons. The van der Waals surface area contributed by atoms with E-state index in [1.54, 1.807) is 0 Å². The van der Waals surface area contributed by atoms with Gasteiger partial charge in [0.05, 0.1) is 33.2 Å². The highest BCUT2D eigenvalue weighted by atomic mass is 28.3. The highest BCUT2D eigenvalue weighted by Gasteiger charge is 2.47. The molecule has 0 radical (unpaired) electrons. The zero-order valence-electron chi connectivity index (χ0n) is 41.8. The van der Waals surface area contributed by atoms with Crippen LogP contribution in [-0.2, 0) is 5.41 Å². The Balaban J connectivity index is 1.00. The Morgan fingerprint density at radius 2 is 0.750 bits per heavy atom. The van der Waals surface area contributed by atoms with Gasteiger partial charge >= 0.3 is 0 Å². The molecule has 14 aromatic rings. The van der Waals surface area contributed by atoms with Crippen LogP contribution >= 0.6 is 0 Å². The average Bonchev–Trinajstić information content (AvgIpc) is 4.30. The van der Waals surface area contributed by atoms with E-state index in [9.17, 15) is 0 Å². The fourth-order valence-corrected chi connectivity index (χ4v) is 18.3. The molecule has 15 rings (SSSR count). The van der Waals surface area contributed by atoms with Crippen molar-refractivity contribution in [2.75, 3.05) is 0 Å². The maximum absolute atomic E-state index is 2.86. The summed E-state index contributed by atoms with van der Waals surface area (Å²) in [5.41, 5.74) is 16.5. The minimum absolute atomic E-state index is 0.546. The average molecular weight is 983 g/mol. The van der Waals surface area contributed by atoms with E-state index in [-0.39, 0.29) is 0 Å². The molecule has 12 aromatic carbocycles. The number of para-hydroxylation sites is 3. The van der Waals surface area contributed by atoms with Crippen LogP contribution in [0.15, 0.2) is 303 Å². The van der Waals surface area contributed by atoms with E-state index in [1.165, 1.54) is 109 Å². The van der Waals surface area contributed by atoms with Gasteiger partial charge < -0.3 is 9.13 Å². The third-order valence-corrected chi connectivity index (χ3v) is 21.3. The van der Waals surface area contributed by atoms with Gasteiger partial charge in [-0.05, 0) is 102 Å². The van der Waals surface area contributed by atoms with Crippen LogP contribution < -0.4 is 20.7 Å². The van der Waals surface area contributed by atoms with Crippen molar-refractivity contribution in [1.82, 2.24) is 9.13 Å². The van der Waals surface area contributed by atoms with Gasteiger partial charge in [-0.2, -0.15) is 0 Å². The molecule has 2 nitrogen and oxygen atoms in total. The van der Waals surface area contributed by atoms with E-state index in [0.29, 0.717) is 0 Å². The first-order valence-corrected chi connectivity index (χ1v) is 28.4. The molecule has 76 heavy (non-hydrogen) atoms. The second kappa shape index (κ2) is 17.6. The molecule has 0 fully saturated rings. The Hall–Kier alpha value is -9.54. The van der Waals surface area contributed by atoms with Crippen LogP contribution in [0, 0.1) is 0 Å². The maximum Gasteiger partial charge on any atom is 0.179 e. The minimum Gasteiger partial charge on any atom is -0.307 e. The molecule has 0 spiro atoms. The molecule has 0 aliphatic heterocycles. The van der Waals surface area contributed by atoms with E-state index in [1.807, 2.05) is 0 Å². The fraction of sp³-hybridized carbons (Fsp3) is 0.0137. The summed E-state index contributed by atoms with van der Waals surface area (Å²) in [5, 5.41) is 10.3. The Morgan fingerprint density at radius 3 is 1.39 bits per heavy atom. The van der Waals surface area contributed by atoms with Crippen LogP contribution in [0.2, 0.25) is 0 Å². The Labute approximate surface area is 443 Å². The minimum atomic E-state index is -2.86. The number of nitrogens with zero attached hydrogens (tertiary/aromatic N) is 2. The van der Waals surface area contributed by atoms with E-state index >= 15 is 0 Å². The van der Waals surface area contributed by atoms with E-state index in [0.717, 1.165) is 11.4 Å². The number of aromatic nitrogens is 2. The second-order valence-corrected chi connectivity index (χ2v) is 24.1. The third kappa shape index (κ3) is 6.33. The number of hydrogen-bond donors (Lipinski definition) is 0. The summed E-state index contributed by atoms with van der Waals surface area (Å²) < 4.78 is 5.09. The summed E-state index contributed by atoms with van der Waals surface area (Å²) in [6.07, 6.45) is 0. The van der Waals surface area contributed by atoms with Gasteiger partial charge in [-0.1, -0.05) is 267 Å². The van der Waals surface area contributed by atoms with Gasteiger partial charge in [-0.15, -0.1) is 0 Å². The van der Waals surface area contributed by atoms with Gasteiger partial charge in [0.15, 0.2) is 8.07 Å². The molecule has 0 amide bonds. The fourth-order valence-electron chi connectivity index (χ4n) is 13.5. The third-order valence-electron chi connectivity index (χ3n) is 16.5. The van der Waals surface area contributed by atoms with Crippen molar-refractivity contribution >= 4 is 72.4 Å². The van der Waals surface area contributed by atoms with Crippen LogP contribution in [0.25, 0.3) is 77.2 Å². The van der Waals surface area contributed by atoms with Gasteiger partial charge in [0.1, 0.15) is 0 Å². The number of hydrogen-bond acceptors (Lipinski definition) is 0. The van der Waals surface area contributed by atoms with Crippen LogP contribution in [0.3, 0.4) is 0 Å². The largest absolute Gasteiger partial charge is 0.307 e. The lowest BCUT2D eigenvalue weighted by molar-refractivity contribution is 0.770. The molecule has 3 heteroatoms. The van der Waals surface area contributed by atoms with E-state index in [2.05, 4.69) is 312 Å². The van der Waals surface area contributed by atoms with Crippen molar-refractivity contribution in [1.29, 1.82) is 0 Å². The van der Waals surface area contributed by atoms with Gasteiger partial charge in [-0.3, -0.25) is 0 Å². The highest BCUT2D eigenvalue weighted by molar-refractivity contribution is 7.19. The zero-order valence-corrected chi connectivity index (χ0v) is 42.8. The summed E-state index contributed by atoms with van der Waals surface area (Å²) in [6.45, 7) is 0. The molecule has 0 unspecified atom stereocenters. The highest BCUT2D eigenvalue weighted by Crippen LogP contribution is 2.59. The molecule has 1 aliphatic carbocycles. The second-order valence-electron chi connectivity index (χ2n) is 20.3. The van der Waals surface area contributed by atoms with Crippen molar-refractivity contribution in [3.63, 3.8) is 0 Å². The zero-order chi connectivity index (χ0) is 50.2. The molecule has 0 saturated carbocycles. The molecule has 0 bridgehead atoms. The van der Waals surface area contributed by atoms with Crippen molar-refractivity contribution in [3.8, 4) is 33.6 Å². The van der Waals surface area contributed by atoms with E-state index < -0.39 is 13.5 Å². The van der Waals surface area contributed by atoms with Crippen LogP contribution in [0.1, 0.15) is 22.3 Å². The van der Waals surface area contributed by atoms with Gasteiger partial charge in [-0.25, -0.2) is 0 Å². The Bertz CT molecular complexity index is 4360. The molecular formula is C73H50N2Si. The van der Waals surface area contributed by atoms with Gasteiger partial charge in [0.2, 0.25) is 0 Å². The van der Waals surface area contributed by atoms with Gasteiger partial charge in [0.25, 0.3) is 0 Å². The molecule has 0 atom stereocenters. The first kappa shape index (κ1) is 44.0. The molecule has 1 aliphatic rings. The van der Waals surface area contributed by atoms with Crippen LogP contribution in [0.5, 0.6) is 0 Å². The molecule has 2 aromatic heterocycles. The molecule has 0 N–H and O–H groups in total. The summed E-state index contributed by atoms with van der Waals surface area (Å²) in [4.78, 5) is 0. The lowest BCUT2D eigenvalue weighted by Gasteiger charge is -2.35. The summed E-state index contributed by atoms with van der Waals surface area (Å²) in [5.74, 6) is 0. The maximum atomic E-state index is 2.55. The summed E-state index contributed by atoms with van der Waals surface area (Å²) >= 11 is 0. The first-order valence-electron chi connectivity index (χ1n) is 26.4. The lowest BCUT2D eigenvalue weighted by atomic mass is 9.66. The lowest BCUT2D eigenvalue weighted by Crippen LogP contribution is -2.74. The predicted molar refractivity (Wildman–Crippen MR) is 321 cm³/mol. The summed E-state index contributed by atoms with van der Waals surface area (Å²) in [6, 6.07) is 114. The van der Waals surface area contributed by atoms with E-state index in [4.69, 9.17) is 0 Å². The predicted octanol–water partition coefficient (Wildman–Crippen LogP) is 15.3. The SMILES string of the molecule is c1ccc(C2(c3ccccc3)c3ccccc3-c3cccc(-c4ccc5c6ccccc6n(-c6cccc7c8ccccc8n(-c8cccc([Si](c9ccccc9)(c9ccccc9)c9ccccc9)c8)c67)c5c4)c32)cc1. The molecular weight excluding hydrogens is 933 g/mol. The van der Waals surface area contributed by atoms with Crippen LogP contribution in [0.4, 0.5) is 0 Å². The van der Waals surface area contributed by atoms with Gasteiger partial charge in [0, 0.05) is 27.2 Å². The normalized spacial score (nSPS) is 12.8. The Kier molecular flexibility index (Phi) is 10.2. The van der Waals surface area contributed by atoms with Crippen molar-refractivity contribution in [3.05, 3.63) is 326 Å². The number of benzene rings is 12. The first-order chi connectivity index (χ1) is 37.7.